The first-order valence-electron chi connectivity index (χ1n) is 5.92. The van der Waals surface area contributed by atoms with Gasteiger partial charge in [-0.3, -0.25) is 19.2 Å². The van der Waals surface area contributed by atoms with Crippen molar-refractivity contribution in [3.8, 4) is 0 Å². The van der Waals surface area contributed by atoms with Crippen LogP contribution >= 0.6 is 0 Å². The third kappa shape index (κ3) is 6.68. The maximum absolute atomic E-state index is 11.1. The molecule has 0 bridgehead atoms. The standard InChI is InChI=1S/C11H18N2O8/c1-5(13-6(9(18)19)2-7(14)15)3-11(12,10(20)21)4-8(16)17/h5-6,13H,2-4,12H2,1H3,(H,14,15)(H,16,17)(H,18,19)(H,20,21). The number of carbonyl (C=O) groups is 4. The van der Waals surface area contributed by atoms with Gasteiger partial charge in [-0.05, 0) is 13.3 Å². The van der Waals surface area contributed by atoms with Gasteiger partial charge in [-0.15, -0.1) is 0 Å². The van der Waals surface area contributed by atoms with E-state index in [9.17, 15) is 19.2 Å². The molecule has 0 rings (SSSR count). The summed E-state index contributed by atoms with van der Waals surface area (Å²) in [4.78, 5) is 43.1. The second kappa shape index (κ2) is 7.55. The van der Waals surface area contributed by atoms with E-state index in [-0.39, 0.29) is 6.42 Å². The van der Waals surface area contributed by atoms with Crippen LogP contribution in [0.4, 0.5) is 0 Å². The highest BCUT2D eigenvalue weighted by molar-refractivity contribution is 5.85. The summed E-state index contributed by atoms with van der Waals surface area (Å²) in [5, 5.41) is 37.5. The summed E-state index contributed by atoms with van der Waals surface area (Å²) in [6.45, 7) is 1.39. The summed E-state index contributed by atoms with van der Waals surface area (Å²) in [6, 6.07) is -2.24. The number of hydrogen-bond donors (Lipinski definition) is 6. The average molecular weight is 306 g/mol. The molecule has 0 saturated carbocycles. The van der Waals surface area contributed by atoms with E-state index in [0.29, 0.717) is 0 Å². The number of aliphatic carboxylic acids is 4. The van der Waals surface area contributed by atoms with Gasteiger partial charge >= 0.3 is 23.9 Å². The molecule has 7 N–H and O–H groups in total. The molecule has 3 unspecified atom stereocenters. The van der Waals surface area contributed by atoms with E-state index in [1.807, 2.05) is 0 Å². The molecule has 0 amide bonds. The average Bonchev–Trinajstić information content (AvgIpc) is 2.25. The number of carboxylic acids is 4. The molecule has 120 valence electrons. The maximum atomic E-state index is 11.1. The van der Waals surface area contributed by atoms with Crippen LogP contribution < -0.4 is 11.1 Å². The van der Waals surface area contributed by atoms with Gasteiger partial charge in [0.1, 0.15) is 11.6 Å². The summed E-state index contributed by atoms with van der Waals surface area (Å²) < 4.78 is 0. The van der Waals surface area contributed by atoms with Gasteiger partial charge in [-0.2, -0.15) is 0 Å². The third-order valence-electron chi connectivity index (χ3n) is 2.73. The Bertz CT molecular complexity index is 438. The number of nitrogens with one attached hydrogen (secondary N) is 1. The van der Waals surface area contributed by atoms with E-state index in [0.717, 1.165) is 0 Å². The molecule has 10 heteroatoms. The molecule has 0 aromatic carbocycles. The molecule has 0 aliphatic heterocycles. The zero-order chi connectivity index (χ0) is 16.8. The highest BCUT2D eigenvalue weighted by atomic mass is 16.4. The number of rotatable bonds is 10. The topological polar surface area (TPSA) is 187 Å². The van der Waals surface area contributed by atoms with Crippen molar-refractivity contribution in [3.63, 3.8) is 0 Å². The Morgan fingerprint density at radius 3 is 1.95 bits per heavy atom. The Labute approximate surface area is 119 Å². The zero-order valence-electron chi connectivity index (χ0n) is 11.3. The molecule has 0 heterocycles. The number of nitrogens with two attached hydrogens (primary N) is 1. The van der Waals surface area contributed by atoms with E-state index in [4.69, 9.17) is 26.2 Å². The molecule has 0 radical (unpaired) electrons. The number of carboxylic acid groups (broad SMARTS) is 4. The molecular weight excluding hydrogens is 288 g/mol. The molecule has 0 saturated heterocycles. The van der Waals surface area contributed by atoms with E-state index >= 15 is 0 Å². The summed E-state index contributed by atoms with van der Waals surface area (Å²) in [7, 11) is 0. The normalized spacial score (nSPS) is 16.5. The van der Waals surface area contributed by atoms with Gasteiger partial charge in [0.25, 0.3) is 0 Å². The SMILES string of the molecule is CC(CC(N)(CC(=O)O)C(=O)O)NC(CC(=O)O)C(=O)O. The first-order valence-corrected chi connectivity index (χ1v) is 5.92. The monoisotopic (exact) mass is 306 g/mol. The Morgan fingerprint density at radius 1 is 1.10 bits per heavy atom. The highest BCUT2D eigenvalue weighted by Crippen LogP contribution is 2.16. The van der Waals surface area contributed by atoms with Crippen molar-refractivity contribution in [1.29, 1.82) is 0 Å². The lowest BCUT2D eigenvalue weighted by molar-refractivity contribution is -0.150. The molecular formula is C11H18N2O8. The smallest absolute Gasteiger partial charge is 0.324 e. The van der Waals surface area contributed by atoms with Crippen molar-refractivity contribution in [2.45, 2.75) is 43.8 Å². The van der Waals surface area contributed by atoms with Crippen LogP contribution in [0.1, 0.15) is 26.2 Å². The van der Waals surface area contributed by atoms with E-state index < -0.39 is 54.3 Å². The predicted molar refractivity (Wildman–Crippen MR) is 67.7 cm³/mol. The van der Waals surface area contributed by atoms with Crippen molar-refractivity contribution in [3.05, 3.63) is 0 Å². The second-order valence-electron chi connectivity index (χ2n) is 4.79. The van der Waals surface area contributed by atoms with Crippen LogP contribution in [-0.2, 0) is 19.2 Å². The van der Waals surface area contributed by atoms with E-state index in [1.54, 1.807) is 0 Å². The lowest BCUT2D eigenvalue weighted by atomic mass is 9.89. The fourth-order valence-corrected chi connectivity index (χ4v) is 1.85. The predicted octanol–water partition coefficient (Wildman–Crippen LogP) is -1.46. The quantitative estimate of drug-likeness (QED) is 0.278. The Balaban J connectivity index is 4.86. The van der Waals surface area contributed by atoms with Gasteiger partial charge in [0.05, 0.1) is 12.8 Å². The lowest BCUT2D eigenvalue weighted by Crippen LogP contribution is -2.55. The number of hydrogen-bond acceptors (Lipinski definition) is 6. The molecule has 0 fully saturated rings. The van der Waals surface area contributed by atoms with Crippen LogP contribution in [0.5, 0.6) is 0 Å². The van der Waals surface area contributed by atoms with Crippen molar-refractivity contribution in [2.24, 2.45) is 5.73 Å². The molecule has 0 aromatic heterocycles. The highest BCUT2D eigenvalue weighted by Gasteiger charge is 2.38. The Kier molecular flexibility index (Phi) is 6.76. The maximum Gasteiger partial charge on any atom is 0.324 e. The van der Waals surface area contributed by atoms with Crippen molar-refractivity contribution < 1.29 is 39.6 Å². The minimum absolute atomic E-state index is 0.377. The van der Waals surface area contributed by atoms with Crippen molar-refractivity contribution in [1.82, 2.24) is 5.32 Å². The van der Waals surface area contributed by atoms with E-state index in [1.165, 1.54) is 6.92 Å². The molecule has 3 atom stereocenters. The largest absolute Gasteiger partial charge is 0.481 e. The first kappa shape index (κ1) is 18.8. The fraction of sp³-hybridized carbons (Fsp3) is 0.636. The van der Waals surface area contributed by atoms with Crippen LogP contribution in [-0.4, -0.2) is 61.9 Å². The first-order chi connectivity index (χ1) is 9.47. The fourth-order valence-electron chi connectivity index (χ4n) is 1.85. The molecule has 0 aromatic rings. The summed E-state index contributed by atoms with van der Waals surface area (Å²) >= 11 is 0. The molecule has 10 nitrogen and oxygen atoms in total. The van der Waals surface area contributed by atoms with Crippen molar-refractivity contribution >= 4 is 23.9 Å². The third-order valence-corrected chi connectivity index (χ3v) is 2.73. The van der Waals surface area contributed by atoms with Gasteiger partial charge in [-0.1, -0.05) is 0 Å². The van der Waals surface area contributed by atoms with Crippen LogP contribution in [0, 0.1) is 0 Å². The lowest BCUT2D eigenvalue weighted by Gasteiger charge is -2.28. The minimum atomic E-state index is -2.08. The van der Waals surface area contributed by atoms with Gasteiger partial charge < -0.3 is 31.5 Å². The van der Waals surface area contributed by atoms with Crippen LogP contribution in [0.2, 0.25) is 0 Å². The van der Waals surface area contributed by atoms with Gasteiger partial charge in [0, 0.05) is 6.04 Å². The van der Waals surface area contributed by atoms with Gasteiger partial charge in [-0.25, -0.2) is 0 Å². The molecule has 21 heavy (non-hydrogen) atoms. The Hall–Kier alpha value is -2.20. The molecule has 0 aliphatic rings. The van der Waals surface area contributed by atoms with Crippen LogP contribution in [0.15, 0.2) is 0 Å². The van der Waals surface area contributed by atoms with Crippen LogP contribution in [0.25, 0.3) is 0 Å². The summed E-state index contributed by atoms with van der Waals surface area (Å²) in [5.41, 5.74) is 3.43. The molecule has 0 aliphatic carbocycles. The van der Waals surface area contributed by atoms with Crippen molar-refractivity contribution in [2.75, 3.05) is 0 Å². The van der Waals surface area contributed by atoms with Gasteiger partial charge in [0.2, 0.25) is 0 Å². The summed E-state index contributed by atoms with van der Waals surface area (Å²) in [6.07, 6.45) is -1.92. The second-order valence-corrected chi connectivity index (χ2v) is 4.79. The summed E-state index contributed by atoms with van der Waals surface area (Å²) in [5.74, 6) is -5.71. The minimum Gasteiger partial charge on any atom is -0.481 e. The van der Waals surface area contributed by atoms with Crippen LogP contribution in [0.3, 0.4) is 0 Å². The van der Waals surface area contributed by atoms with E-state index in [2.05, 4.69) is 5.32 Å². The molecule has 0 spiro atoms. The Morgan fingerprint density at radius 2 is 1.62 bits per heavy atom. The zero-order valence-corrected chi connectivity index (χ0v) is 11.3. The van der Waals surface area contributed by atoms with Gasteiger partial charge in [0.15, 0.2) is 0 Å².